The number of nitrogens with one attached hydrogen (secondary N) is 2. The summed E-state index contributed by atoms with van der Waals surface area (Å²) < 4.78 is 0. The van der Waals surface area contributed by atoms with Crippen molar-refractivity contribution in [3.05, 3.63) is 74.8 Å². The maximum atomic E-state index is 12.0. The minimum Gasteiger partial charge on any atom is -0.343 e. The maximum Gasteiger partial charge on any atom is 0.270 e. The minimum atomic E-state index is -0.516. The third kappa shape index (κ3) is 5.23. The van der Waals surface area contributed by atoms with E-state index in [1.807, 2.05) is 19.9 Å². The molecule has 26 heavy (non-hydrogen) atoms. The monoisotopic (exact) mass is 354 g/mol. The van der Waals surface area contributed by atoms with Crippen molar-refractivity contribution in [2.75, 3.05) is 6.54 Å². The number of non-ortho nitro benzene ring substituents is 1. The number of nitro benzene ring substituents is 1. The second-order valence-electron chi connectivity index (χ2n) is 5.63. The summed E-state index contributed by atoms with van der Waals surface area (Å²) >= 11 is 0. The fourth-order valence-corrected chi connectivity index (χ4v) is 2.08. The van der Waals surface area contributed by atoms with E-state index in [1.165, 1.54) is 24.4 Å². The van der Waals surface area contributed by atoms with E-state index in [4.69, 9.17) is 0 Å². The van der Waals surface area contributed by atoms with Gasteiger partial charge in [0.2, 0.25) is 0 Å². The smallest absolute Gasteiger partial charge is 0.270 e. The molecular formula is C18H18N4O4. The molecule has 2 N–H and O–H groups in total. The predicted molar refractivity (Wildman–Crippen MR) is 97.1 cm³/mol. The van der Waals surface area contributed by atoms with Crippen LogP contribution in [0.1, 0.15) is 27.0 Å². The van der Waals surface area contributed by atoms with Crippen LogP contribution < -0.4 is 10.7 Å². The summed E-state index contributed by atoms with van der Waals surface area (Å²) in [7, 11) is 0. The normalized spacial score (nSPS) is 10.5. The molecule has 0 fully saturated rings. The molecule has 0 heterocycles. The van der Waals surface area contributed by atoms with Crippen LogP contribution in [0.3, 0.4) is 0 Å². The highest BCUT2D eigenvalue weighted by Gasteiger charge is 2.08. The van der Waals surface area contributed by atoms with Crippen molar-refractivity contribution in [3.63, 3.8) is 0 Å². The van der Waals surface area contributed by atoms with Crippen molar-refractivity contribution >= 4 is 23.7 Å². The van der Waals surface area contributed by atoms with Crippen LogP contribution >= 0.6 is 0 Å². The lowest BCUT2D eigenvalue weighted by atomic mass is 10.1. The van der Waals surface area contributed by atoms with Gasteiger partial charge in [-0.1, -0.05) is 18.2 Å². The number of nitrogens with zero attached hydrogens (tertiary/aromatic N) is 2. The van der Waals surface area contributed by atoms with Gasteiger partial charge in [-0.15, -0.1) is 0 Å². The molecule has 2 aromatic rings. The lowest BCUT2D eigenvalue weighted by Crippen LogP contribution is -2.34. The number of nitro groups is 1. The largest absolute Gasteiger partial charge is 0.343 e. The van der Waals surface area contributed by atoms with Gasteiger partial charge < -0.3 is 5.32 Å². The topological polar surface area (TPSA) is 114 Å². The molecule has 0 atom stereocenters. The van der Waals surface area contributed by atoms with Gasteiger partial charge in [-0.2, -0.15) is 5.10 Å². The summed E-state index contributed by atoms with van der Waals surface area (Å²) in [6, 6.07) is 11.1. The quantitative estimate of drug-likeness (QED) is 0.470. The van der Waals surface area contributed by atoms with Crippen molar-refractivity contribution < 1.29 is 14.5 Å². The summed E-state index contributed by atoms with van der Waals surface area (Å²) in [5, 5.41) is 16.9. The first-order chi connectivity index (χ1) is 12.4. The number of carbonyl (C=O) groups is 2. The number of aryl methyl sites for hydroxylation is 2. The molecule has 0 bridgehead atoms. The van der Waals surface area contributed by atoms with Crippen molar-refractivity contribution in [3.8, 4) is 0 Å². The van der Waals surface area contributed by atoms with Gasteiger partial charge in [-0.3, -0.25) is 19.7 Å². The van der Waals surface area contributed by atoms with E-state index in [9.17, 15) is 19.7 Å². The van der Waals surface area contributed by atoms with Crippen LogP contribution in [0.15, 0.2) is 47.6 Å². The van der Waals surface area contributed by atoms with E-state index in [-0.39, 0.29) is 18.1 Å². The highest BCUT2D eigenvalue weighted by atomic mass is 16.6. The molecule has 2 rings (SSSR count). The zero-order valence-corrected chi connectivity index (χ0v) is 14.4. The molecule has 0 aliphatic rings. The number of rotatable bonds is 6. The summed E-state index contributed by atoms with van der Waals surface area (Å²) in [6.07, 6.45) is 1.29. The Morgan fingerprint density at radius 1 is 1.15 bits per heavy atom. The predicted octanol–water partition coefficient (Wildman–Crippen LogP) is 2.09. The van der Waals surface area contributed by atoms with Crippen LogP contribution in [0.5, 0.6) is 0 Å². The number of amides is 2. The molecule has 0 unspecified atom stereocenters. The lowest BCUT2D eigenvalue weighted by Gasteiger charge is -2.06. The number of hydrogen-bond donors (Lipinski definition) is 2. The molecule has 2 amide bonds. The highest BCUT2D eigenvalue weighted by molar-refractivity contribution is 5.96. The van der Waals surface area contributed by atoms with Crippen molar-refractivity contribution in [2.24, 2.45) is 5.10 Å². The molecule has 0 saturated heterocycles. The van der Waals surface area contributed by atoms with E-state index >= 15 is 0 Å². The van der Waals surface area contributed by atoms with Crippen LogP contribution in [-0.4, -0.2) is 29.5 Å². The second kappa shape index (κ2) is 8.52. The highest BCUT2D eigenvalue weighted by Crippen LogP contribution is 2.11. The van der Waals surface area contributed by atoms with Crippen molar-refractivity contribution in [1.29, 1.82) is 0 Å². The minimum absolute atomic E-state index is 0.0686. The average Bonchev–Trinajstić information content (AvgIpc) is 2.62. The van der Waals surface area contributed by atoms with Gasteiger partial charge in [0.15, 0.2) is 0 Å². The first-order valence-electron chi connectivity index (χ1n) is 7.78. The fraction of sp³-hybridized carbons (Fsp3) is 0.167. The zero-order chi connectivity index (χ0) is 19.1. The van der Waals surface area contributed by atoms with Crippen molar-refractivity contribution in [2.45, 2.75) is 13.8 Å². The van der Waals surface area contributed by atoms with Crippen LogP contribution in [0.25, 0.3) is 0 Å². The van der Waals surface area contributed by atoms with Gasteiger partial charge in [-0.05, 0) is 37.1 Å². The molecule has 0 aliphatic carbocycles. The molecule has 8 heteroatoms. The fourth-order valence-electron chi connectivity index (χ4n) is 2.08. The Morgan fingerprint density at radius 3 is 2.62 bits per heavy atom. The molecule has 0 spiro atoms. The van der Waals surface area contributed by atoms with E-state index in [0.29, 0.717) is 11.1 Å². The van der Waals surface area contributed by atoms with Crippen LogP contribution in [0, 0.1) is 24.0 Å². The Bertz CT molecular complexity index is 877. The van der Waals surface area contributed by atoms with Crippen LogP contribution in [0.2, 0.25) is 0 Å². The second-order valence-corrected chi connectivity index (χ2v) is 5.63. The van der Waals surface area contributed by atoms with Gasteiger partial charge in [-0.25, -0.2) is 5.43 Å². The van der Waals surface area contributed by atoms with Crippen molar-refractivity contribution in [1.82, 2.24) is 10.7 Å². The Balaban J connectivity index is 1.85. The third-order valence-electron chi connectivity index (χ3n) is 3.66. The van der Waals surface area contributed by atoms with Gasteiger partial charge in [0.05, 0.1) is 17.7 Å². The number of carbonyl (C=O) groups excluding carboxylic acids is 2. The summed E-state index contributed by atoms with van der Waals surface area (Å²) in [5.41, 5.74) is 5.20. The molecular weight excluding hydrogens is 336 g/mol. The first kappa shape index (κ1) is 18.8. The molecule has 2 aromatic carbocycles. The number of hydrogen-bond acceptors (Lipinski definition) is 5. The molecule has 134 valence electrons. The van der Waals surface area contributed by atoms with E-state index in [2.05, 4.69) is 15.8 Å². The standard InChI is InChI=1S/C18H18N4O4/c1-12-6-7-15(8-13(12)2)18(24)19-11-17(23)21-20-10-14-4-3-5-16(9-14)22(25)26/h3-10H,11H2,1-2H3,(H,19,24)(H,21,23)/b20-10-. The molecule has 0 aliphatic heterocycles. The van der Waals surface area contributed by atoms with E-state index < -0.39 is 10.8 Å². The average molecular weight is 354 g/mol. The summed E-state index contributed by atoms with van der Waals surface area (Å²) in [6.45, 7) is 3.61. The molecule has 0 saturated carbocycles. The third-order valence-corrected chi connectivity index (χ3v) is 3.66. The van der Waals surface area contributed by atoms with Crippen LogP contribution in [0.4, 0.5) is 5.69 Å². The van der Waals surface area contributed by atoms with Gasteiger partial charge in [0, 0.05) is 23.3 Å². The number of hydrazone groups is 1. The van der Waals surface area contributed by atoms with Gasteiger partial charge >= 0.3 is 0 Å². The Hall–Kier alpha value is -3.55. The van der Waals surface area contributed by atoms with E-state index in [1.54, 1.807) is 18.2 Å². The summed E-state index contributed by atoms with van der Waals surface area (Å²) in [4.78, 5) is 33.9. The Labute approximate surface area is 150 Å². The first-order valence-corrected chi connectivity index (χ1v) is 7.78. The molecule has 0 radical (unpaired) electrons. The summed E-state index contributed by atoms with van der Waals surface area (Å²) in [5.74, 6) is -0.866. The zero-order valence-electron chi connectivity index (χ0n) is 14.4. The Morgan fingerprint density at radius 2 is 1.92 bits per heavy atom. The Kier molecular flexibility index (Phi) is 6.15. The van der Waals surface area contributed by atoms with Gasteiger partial charge in [0.1, 0.15) is 0 Å². The van der Waals surface area contributed by atoms with E-state index in [0.717, 1.165) is 11.1 Å². The maximum absolute atomic E-state index is 12.0. The molecule has 0 aromatic heterocycles. The molecule has 8 nitrogen and oxygen atoms in total. The number of benzene rings is 2. The lowest BCUT2D eigenvalue weighted by molar-refractivity contribution is -0.384. The van der Waals surface area contributed by atoms with Crippen LogP contribution in [-0.2, 0) is 4.79 Å². The SMILES string of the molecule is Cc1ccc(C(=O)NCC(=O)N/N=C\c2cccc([N+](=O)[O-])c2)cc1C. The van der Waals surface area contributed by atoms with Gasteiger partial charge in [0.25, 0.3) is 17.5 Å².